The molecule has 4 rings (SSSR count). The topological polar surface area (TPSA) is 24.5 Å². The molecule has 0 aliphatic carbocycles. The second-order valence-electron chi connectivity index (χ2n) is 5.02. The van der Waals surface area contributed by atoms with Gasteiger partial charge in [0.1, 0.15) is 0 Å². The number of hydrogen-bond donors (Lipinski definition) is 1. The predicted octanol–water partition coefficient (Wildman–Crippen LogP) is 1.26. The maximum atomic E-state index is 5.66. The van der Waals surface area contributed by atoms with Crippen molar-refractivity contribution in [3.8, 4) is 0 Å². The number of ether oxygens (including phenoxy) is 1. The van der Waals surface area contributed by atoms with Crippen LogP contribution in [0.4, 0.5) is 0 Å². The third-order valence-corrected chi connectivity index (χ3v) is 4.11. The molecule has 0 spiro atoms. The van der Waals surface area contributed by atoms with Crippen molar-refractivity contribution in [2.45, 2.75) is 31.3 Å². The molecule has 3 aliphatic rings. The lowest BCUT2D eigenvalue weighted by Crippen LogP contribution is -2.43. The number of fused-ring (bicyclic) bond motifs is 3. The first-order chi connectivity index (χ1) is 7.92. The van der Waals surface area contributed by atoms with Gasteiger partial charge in [-0.3, -0.25) is 10.2 Å². The average Bonchev–Trinajstić information content (AvgIpc) is 3.03. The van der Waals surface area contributed by atoms with Crippen molar-refractivity contribution in [3.05, 3.63) is 35.4 Å². The molecule has 2 fully saturated rings. The number of nitrogens with one attached hydrogen (secondary N) is 1. The zero-order valence-corrected chi connectivity index (χ0v) is 9.23. The van der Waals surface area contributed by atoms with Crippen LogP contribution in [0.3, 0.4) is 0 Å². The summed E-state index contributed by atoms with van der Waals surface area (Å²) in [6, 6.07) is 9.39. The summed E-state index contributed by atoms with van der Waals surface area (Å²) in [5.74, 6) is 0. The normalized spacial score (nSPS) is 36.9. The molecule has 0 amide bonds. The van der Waals surface area contributed by atoms with Crippen molar-refractivity contribution >= 4 is 0 Å². The molecule has 3 aliphatic heterocycles. The first kappa shape index (κ1) is 9.16. The van der Waals surface area contributed by atoms with Crippen molar-refractivity contribution in [2.75, 3.05) is 13.2 Å². The molecular formula is C13H16N2O. The van der Waals surface area contributed by atoms with E-state index in [1.807, 2.05) is 0 Å². The molecule has 0 saturated carbocycles. The number of morpholine rings is 1. The van der Waals surface area contributed by atoms with Crippen LogP contribution in [0.25, 0.3) is 0 Å². The van der Waals surface area contributed by atoms with Crippen molar-refractivity contribution in [3.63, 3.8) is 0 Å². The van der Waals surface area contributed by atoms with Crippen LogP contribution in [0.5, 0.6) is 0 Å². The van der Waals surface area contributed by atoms with Crippen LogP contribution in [-0.2, 0) is 11.3 Å². The molecule has 1 aromatic carbocycles. The zero-order valence-electron chi connectivity index (χ0n) is 9.23. The van der Waals surface area contributed by atoms with Crippen molar-refractivity contribution in [1.82, 2.24) is 10.2 Å². The van der Waals surface area contributed by atoms with Gasteiger partial charge in [0.2, 0.25) is 0 Å². The molecule has 1 N–H and O–H groups in total. The maximum absolute atomic E-state index is 5.66. The van der Waals surface area contributed by atoms with E-state index in [4.69, 9.17) is 4.74 Å². The molecule has 0 radical (unpaired) electrons. The molecule has 3 atom stereocenters. The summed E-state index contributed by atoms with van der Waals surface area (Å²) >= 11 is 0. The first-order valence-corrected chi connectivity index (χ1v) is 6.10. The fourth-order valence-electron chi connectivity index (χ4n) is 3.32. The smallest absolute Gasteiger partial charge is 0.0870 e. The van der Waals surface area contributed by atoms with Gasteiger partial charge in [0.15, 0.2) is 0 Å². The van der Waals surface area contributed by atoms with Gasteiger partial charge in [-0.1, -0.05) is 24.3 Å². The average molecular weight is 216 g/mol. The summed E-state index contributed by atoms with van der Waals surface area (Å²) in [7, 11) is 0. The number of rotatable bonds is 1. The summed E-state index contributed by atoms with van der Waals surface area (Å²) in [6.07, 6.45) is 2.13. The summed E-state index contributed by atoms with van der Waals surface area (Å²) in [4.78, 5) is 2.58. The molecular weight excluding hydrogens is 200 g/mol. The molecule has 0 aromatic heterocycles. The van der Waals surface area contributed by atoms with Crippen LogP contribution >= 0.6 is 0 Å². The van der Waals surface area contributed by atoms with E-state index >= 15 is 0 Å². The van der Waals surface area contributed by atoms with E-state index in [0.29, 0.717) is 18.3 Å². The Morgan fingerprint density at radius 3 is 3.06 bits per heavy atom. The maximum Gasteiger partial charge on any atom is 0.0870 e. The number of benzene rings is 1. The Bertz CT molecular complexity index is 420. The highest BCUT2D eigenvalue weighted by Crippen LogP contribution is 2.37. The predicted molar refractivity (Wildman–Crippen MR) is 60.9 cm³/mol. The molecule has 3 unspecified atom stereocenters. The lowest BCUT2D eigenvalue weighted by molar-refractivity contribution is 0.00574. The molecule has 2 saturated heterocycles. The highest BCUT2D eigenvalue weighted by Gasteiger charge is 2.43. The second-order valence-corrected chi connectivity index (χ2v) is 5.02. The first-order valence-electron chi connectivity index (χ1n) is 6.10. The van der Waals surface area contributed by atoms with Crippen LogP contribution < -0.4 is 5.32 Å². The summed E-state index contributed by atoms with van der Waals surface area (Å²) in [5, 5.41) is 3.62. The number of nitrogens with zero attached hydrogens (tertiary/aromatic N) is 1. The molecule has 84 valence electrons. The number of hydrogen-bond acceptors (Lipinski definition) is 3. The Balaban J connectivity index is 1.66. The van der Waals surface area contributed by atoms with Crippen molar-refractivity contribution < 1.29 is 4.74 Å². The fraction of sp³-hybridized carbons (Fsp3) is 0.538. The Hall–Kier alpha value is -0.900. The van der Waals surface area contributed by atoms with Crippen LogP contribution in [-0.4, -0.2) is 30.2 Å². The van der Waals surface area contributed by atoms with E-state index in [-0.39, 0.29) is 0 Å². The van der Waals surface area contributed by atoms with Crippen molar-refractivity contribution in [1.29, 1.82) is 0 Å². The summed E-state index contributed by atoms with van der Waals surface area (Å²) in [5.41, 5.74) is 2.92. The van der Waals surface area contributed by atoms with E-state index in [1.54, 1.807) is 0 Å². The highest BCUT2D eigenvalue weighted by atomic mass is 16.5. The van der Waals surface area contributed by atoms with Gasteiger partial charge in [-0.15, -0.1) is 0 Å². The largest absolute Gasteiger partial charge is 0.375 e. The minimum absolute atomic E-state index is 0.426. The van der Waals surface area contributed by atoms with Gasteiger partial charge in [-0.05, 0) is 17.5 Å². The van der Waals surface area contributed by atoms with Gasteiger partial charge in [-0.25, -0.2) is 0 Å². The summed E-state index contributed by atoms with van der Waals surface area (Å²) in [6.45, 7) is 3.03. The van der Waals surface area contributed by atoms with E-state index in [2.05, 4.69) is 34.5 Å². The second kappa shape index (κ2) is 3.29. The van der Waals surface area contributed by atoms with Gasteiger partial charge >= 0.3 is 0 Å². The van der Waals surface area contributed by atoms with Gasteiger partial charge in [0, 0.05) is 19.1 Å². The third-order valence-electron chi connectivity index (χ3n) is 4.11. The minimum atomic E-state index is 0.426. The van der Waals surface area contributed by atoms with E-state index in [1.165, 1.54) is 17.5 Å². The van der Waals surface area contributed by atoms with E-state index in [0.717, 1.165) is 19.7 Å². The molecule has 3 heterocycles. The van der Waals surface area contributed by atoms with Crippen LogP contribution in [0.2, 0.25) is 0 Å². The SMILES string of the molecule is c1ccc2c(c1)CNC2N1CC2CC1CO2. The Morgan fingerprint density at radius 1 is 1.31 bits per heavy atom. The lowest BCUT2D eigenvalue weighted by atomic mass is 10.1. The Labute approximate surface area is 95.4 Å². The van der Waals surface area contributed by atoms with Crippen LogP contribution in [0.15, 0.2) is 24.3 Å². The zero-order chi connectivity index (χ0) is 10.5. The monoisotopic (exact) mass is 216 g/mol. The van der Waals surface area contributed by atoms with Crippen LogP contribution in [0, 0.1) is 0 Å². The molecule has 3 nitrogen and oxygen atoms in total. The highest BCUT2D eigenvalue weighted by molar-refractivity contribution is 5.33. The minimum Gasteiger partial charge on any atom is -0.375 e. The fourth-order valence-corrected chi connectivity index (χ4v) is 3.32. The molecule has 2 bridgehead atoms. The van der Waals surface area contributed by atoms with Crippen LogP contribution in [0.1, 0.15) is 23.7 Å². The standard InChI is InChI=1S/C13H16N2O/c1-2-4-12-9(3-1)6-14-13(12)15-7-11-5-10(15)8-16-11/h1-4,10-11,13-14H,5-8H2. The number of likely N-dealkylation sites (tertiary alicyclic amines) is 1. The summed E-state index contributed by atoms with van der Waals surface area (Å²) < 4.78 is 5.66. The molecule has 1 aromatic rings. The van der Waals surface area contributed by atoms with Gasteiger partial charge in [-0.2, -0.15) is 0 Å². The Morgan fingerprint density at radius 2 is 2.25 bits per heavy atom. The van der Waals surface area contributed by atoms with Gasteiger partial charge < -0.3 is 4.74 Å². The van der Waals surface area contributed by atoms with Gasteiger partial charge in [0.05, 0.1) is 18.9 Å². The van der Waals surface area contributed by atoms with E-state index in [9.17, 15) is 0 Å². The van der Waals surface area contributed by atoms with E-state index < -0.39 is 0 Å². The quantitative estimate of drug-likeness (QED) is 0.765. The molecule has 3 heteroatoms. The Kier molecular flexibility index (Phi) is 1.89. The lowest BCUT2D eigenvalue weighted by Gasteiger charge is -2.32. The third kappa shape index (κ3) is 1.19. The van der Waals surface area contributed by atoms with Crippen molar-refractivity contribution in [2.24, 2.45) is 0 Å². The molecule has 16 heavy (non-hydrogen) atoms. The van der Waals surface area contributed by atoms with Gasteiger partial charge in [0.25, 0.3) is 0 Å².